The number of fused-ring (bicyclic) bond motifs is 2. The van der Waals surface area contributed by atoms with E-state index in [1.807, 2.05) is 32.0 Å². The van der Waals surface area contributed by atoms with Crippen LogP contribution >= 0.6 is 22.6 Å². The molecule has 2 aromatic heterocycles. The summed E-state index contributed by atoms with van der Waals surface area (Å²) in [6.07, 6.45) is 0. The summed E-state index contributed by atoms with van der Waals surface area (Å²) in [5, 5.41) is 0. The van der Waals surface area contributed by atoms with Crippen LogP contribution in [0.5, 0.6) is 0 Å². The molecule has 3 heterocycles. The van der Waals surface area contributed by atoms with Crippen molar-refractivity contribution < 1.29 is 35.4 Å². The summed E-state index contributed by atoms with van der Waals surface area (Å²) in [5.74, 6) is -0.145. The van der Waals surface area contributed by atoms with E-state index in [0.717, 1.165) is 16.7 Å². The minimum atomic E-state index is -0.643. The Morgan fingerprint density at radius 3 is 2.83 bits per heavy atom. The van der Waals surface area contributed by atoms with Crippen molar-refractivity contribution in [1.82, 2.24) is 3.53 Å². The van der Waals surface area contributed by atoms with Gasteiger partial charge in [-0.2, -0.15) is 0 Å². The average molecular weight is 472 g/mol. The molecule has 4 nitrogen and oxygen atoms in total. The van der Waals surface area contributed by atoms with Crippen LogP contribution < -0.4 is 25.0 Å². The summed E-state index contributed by atoms with van der Waals surface area (Å²) in [6.45, 7) is 3.81. The fraction of sp³-hybridized carbons (Fsp3) is 0.417. The number of halogens is 2. The number of carbonyl (C=O) groups excluding carboxylic acids is 1. The third-order valence-electron chi connectivity index (χ3n) is 2.90. The number of furan rings is 2. The van der Waals surface area contributed by atoms with E-state index in [1.54, 1.807) is 0 Å². The van der Waals surface area contributed by atoms with Crippen molar-refractivity contribution in [1.29, 1.82) is 0 Å². The van der Waals surface area contributed by atoms with Gasteiger partial charge in [0.05, 0.1) is 0 Å². The number of alkyl halides is 2. The summed E-state index contributed by atoms with van der Waals surface area (Å²) in [6, 6.07) is 5.76. The number of nitrogens with one attached hydrogen (secondary N) is 1. The first-order valence-electron chi connectivity index (χ1n) is 5.54. The van der Waals surface area contributed by atoms with Gasteiger partial charge in [-0.15, -0.1) is 0 Å². The molecule has 1 saturated heterocycles. The number of esters is 1. The SMILES string of the molecule is CC(C)(OC(=O)C(I)C1N[I-]1)c1cc2ccc1o2. The fourth-order valence-corrected chi connectivity index (χ4v) is 4.97. The van der Waals surface area contributed by atoms with Gasteiger partial charge in [-0.25, -0.2) is 0 Å². The van der Waals surface area contributed by atoms with Gasteiger partial charge < -0.3 is 0 Å². The Bertz CT molecular complexity index is 576. The number of hydrogen-bond acceptors (Lipinski definition) is 4. The van der Waals surface area contributed by atoms with Crippen LogP contribution in [0.1, 0.15) is 19.4 Å². The second-order valence-electron chi connectivity index (χ2n) is 4.71. The van der Waals surface area contributed by atoms with Crippen molar-refractivity contribution in [3.8, 4) is 0 Å². The van der Waals surface area contributed by atoms with Gasteiger partial charge in [0.1, 0.15) is 0 Å². The van der Waals surface area contributed by atoms with E-state index in [9.17, 15) is 4.79 Å². The van der Waals surface area contributed by atoms with Gasteiger partial charge >= 0.3 is 130 Å². The van der Waals surface area contributed by atoms with Crippen molar-refractivity contribution in [2.24, 2.45) is 0 Å². The average Bonchev–Trinajstić information content (AvgIpc) is 2.94. The fourth-order valence-electron chi connectivity index (χ4n) is 1.89. The first kappa shape index (κ1) is 12.9. The molecule has 18 heavy (non-hydrogen) atoms. The van der Waals surface area contributed by atoms with Crippen molar-refractivity contribution in [2.75, 3.05) is 0 Å². The molecular weight excluding hydrogens is 460 g/mol. The van der Waals surface area contributed by atoms with Gasteiger partial charge in [-0.05, 0) is 0 Å². The zero-order valence-corrected chi connectivity index (χ0v) is 14.2. The molecule has 0 aliphatic carbocycles. The molecule has 3 rings (SSSR count). The second kappa shape index (κ2) is 4.48. The van der Waals surface area contributed by atoms with E-state index < -0.39 is 5.60 Å². The number of benzene rings is 1. The molecule has 1 aliphatic rings. The Morgan fingerprint density at radius 2 is 2.33 bits per heavy atom. The number of rotatable bonds is 4. The van der Waals surface area contributed by atoms with Crippen LogP contribution in [-0.2, 0) is 15.1 Å². The number of ether oxygens (including phenoxy) is 1. The topological polar surface area (TPSA) is 61.4 Å². The normalized spacial score (nSPS) is 21.6. The van der Waals surface area contributed by atoms with Crippen LogP contribution in [-0.4, -0.2) is 13.9 Å². The van der Waals surface area contributed by atoms with Crippen molar-refractivity contribution >= 4 is 39.7 Å². The van der Waals surface area contributed by atoms with Crippen LogP contribution in [0, 0.1) is 0 Å². The first-order chi connectivity index (χ1) is 8.47. The monoisotopic (exact) mass is 472 g/mol. The summed E-state index contributed by atoms with van der Waals surface area (Å²) in [5.41, 5.74) is 1.92. The van der Waals surface area contributed by atoms with Crippen molar-refractivity contribution in [3.63, 3.8) is 0 Å². The molecule has 2 bridgehead atoms. The molecule has 0 radical (unpaired) electrons. The second-order valence-corrected chi connectivity index (χ2v) is 8.64. The standard InChI is InChI=1S/C12H12I2NO3/c1-12(2,7-5-6-3-4-8(7)17-6)18-11(16)9(13)10-14-15-10/h3-5,9-10,15H,1-2H3/q-1. The van der Waals surface area contributed by atoms with E-state index in [1.165, 1.54) is 0 Å². The molecule has 1 aliphatic heterocycles. The summed E-state index contributed by atoms with van der Waals surface area (Å²) in [7, 11) is 0. The molecule has 0 spiro atoms. The quantitative estimate of drug-likeness (QED) is 0.161. The molecule has 2 unspecified atom stereocenters. The molecule has 6 heteroatoms. The van der Waals surface area contributed by atoms with Crippen LogP contribution in [0.4, 0.5) is 0 Å². The number of hydrogen-bond donors (Lipinski definition) is 1. The molecule has 0 amide bonds. The van der Waals surface area contributed by atoms with Crippen LogP contribution in [0.3, 0.4) is 0 Å². The van der Waals surface area contributed by atoms with E-state index in [4.69, 9.17) is 9.15 Å². The predicted octanol–water partition coefficient (Wildman–Crippen LogP) is -0.614. The molecule has 1 fully saturated rings. The van der Waals surface area contributed by atoms with Gasteiger partial charge in [0.2, 0.25) is 0 Å². The Hall–Kier alpha value is -0.0900. The van der Waals surface area contributed by atoms with Gasteiger partial charge in [0, 0.05) is 0 Å². The molecule has 2 atom stereocenters. The maximum atomic E-state index is 12.0. The van der Waals surface area contributed by atoms with E-state index >= 15 is 0 Å². The molecule has 98 valence electrons. The Labute approximate surface area is 129 Å². The van der Waals surface area contributed by atoms with Crippen molar-refractivity contribution in [3.05, 3.63) is 23.8 Å². The van der Waals surface area contributed by atoms with Crippen LogP contribution in [0.2, 0.25) is 0 Å². The van der Waals surface area contributed by atoms with Gasteiger partial charge in [0.15, 0.2) is 0 Å². The zero-order valence-electron chi connectivity index (χ0n) is 9.87. The van der Waals surface area contributed by atoms with E-state index in [2.05, 4.69) is 26.1 Å². The van der Waals surface area contributed by atoms with Gasteiger partial charge in [-0.3, -0.25) is 0 Å². The number of carbonyl (C=O) groups is 1. The Morgan fingerprint density at radius 1 is 1.61 bits per heavy atom. The summed E-state index contributed by atoms with van der Waals surface area (Å²) in [4.78, 5) is 12.0. The first-order valence-corrected chi connectivity index (χ1v) is 9.11. The zero-order chi connectivity index (χ0) is 12.9. The minimum absolute atomic E-state index is 0.0231. The van der Waals surface area contributed by atoms with E-state index in [0.29, 0.717) is 4.05 Å². The van der Waals surface area contributed by atoms with Crippen LogP contribution in [0.15, 0.2) is 22.6 Å². The third-order valence-corrected chi connectivity index (χ3v) is 7.57. The predicted molar refractivity (Wildman–Crippen MR) is 71.2 cm³/mol. The summed E-state index contributed by atoms with van der Waals surface area (Å²) >= 11 is 2.18. The molecule has 0 saturated carbocycles. The Kier molecular flexibility index (Phi) is 3.22. The molecule has 1 N–H and O–H groups in total. The molecule has 0 aromatic carbocycles. The van der Waals surface area contributed by atoms with Crippen LogP contribution in [0.25, 0.3) is 11.2 Å². The molecular formula is C12H12I2NO3-. The van der Waals surface area contributed by atoms with E-state index in [-0.39, 0.29) is 31.4 Å². The van der Waals surface area contributed by atoms with Crippen molar-refractivity contribution in [2.45, 2.75) is 27.4 Å². The van der Waals surface area contributed by atoms with Gasteiger partial charge in [-0.1, -0.05) is 0 Å². The Balaban J connectivity index is 1.77. The maximum absolute atomic E-state index is 12.0. The van der Waals surface area contributed by atoms with Gasteiger partial charge in [0.25, 0.3) is 0 Å². The molecule has 2 aromatic rings. The third kappa shape index (κ3) is 2.34. The summed E-state index contributed by atoms with van der Waals surface area (Å²) < 4.78 is 14.7.